The molecule has 3 rings (SSSR count). The highest BCUT2D eigenvalue weighted by atomic mass is 127. The number of nitrogens with two attached hydrogens (primary N) is 1. The van der Waals surface area contributed by atoms with Crippen LogP contribution in [0.3, 0.4) is 0 Å². The van der Waals surface area contributed by atoms with Crippen LogP contribution in [0.5, 0.6) is 17.2 Å². The van der Waals surface area contributed by atoms with Gasteiger partial charge in [0, 0.05) is 11.8 Å². The molecule has 0 unspecified atom stereocenters. The molecule has 0 spiro atoms. The second kappa shape index (κ2) is 10.4. The Morgan fingerprint density at radius 2 is 1.59 bits per heavy atom. The Morgan fingerprint density at radius 1 is 0.889 bits per heavy atom. The summed E-state index contributed by atoms with van der Waals surface area (Å²) < 4.78 is 11.0. The SMILES string of the molecule is COc1ccc(CN=C(N)Nc2cccc(Oc3ccccc3)c2)cc1.I. The first-order valence-corrected chi connectivity index (χ1v) is 8.26. The average molecular weight is 475 g/mol. The van der Waals surface area contributed by atoms with Gasteiger partial charge < -0.3 is 20.5 Å². The Bertz CT molecular complexity index is 868. The molecule has 5 nitrogen and oxygen atoms in total. The Labute approximate surface area is 176 Å². The zero-order valence-electron chi connectivity index (χ0n) is 15.0. The molecule has 0 saturated heterocycles. The summed E-state index contributed by atoms with van der Waals surface area (Å²) in [6, 6.07) is 24.9. The molecule has 0 aliphatic carbocycles. The minimum absolute atomic E-state index is 0. The monoisotopic (exact) mass is 475 g/mol. The molecule has 0 saturated carbocycles. The van der Waals surface area contributed by atoms with Crippen LogP contribution >= 0.6 is 24.0 Å². The van der Waals surface area contributed by atoms with Gasteiger partial charge in [-0.2, -0.15) is 0 Å². The molecule has 6 heteroatoms. The number of anilines is 1. The maximum Gasteiger partial charge on any atom is 0.193 e. The summed E-state index contributed by atoms with van der Waals surface area (Å²) in [5, 5.41) is 3.08. The van der Waals surface area contributed by atoms with E-state index in [1.165, 1.54) is 0 Å². The third-order valence-electron chi connectivity index (χ3n) is 3.68. The van der Waals surface area contributed by atoms with Gasteiger partial charge in [-0.05, 0) is 42.0 Å². The summed E-state index contributed by atoms with van der Waals surface area (Å²) in [5.74, 6) is 2.67. The van der Waals surface area contributed by atoms with E-state index in [2.05, 4.69) is 10.3 Å². The van der Waals surface area contributed by atoms with Crippen molar-refractivity contribution in [2.24, 2.45) is 10.7 Å². The van der Waals surface area contributed by atoms with Crippen LogP contribution in [-0.2, 0) is 6.54 Å². The van der Waals surface area contributed by atoms with Gasteiger partial charge in [-0.1, -0.05) is 36.4 Å². The third-order valence-corrected chi connectivity index (χ3v) is 3.68. The van der Waals surface area contributed by atoms with Crippen molar-refractivity contribution in [3.05, 3.63) is 84.4 Å². The fourth-order valence-corrected chi connectivity index (χ4v) is 2.36. The molecular weight excluding hydrogens is 453 g/mol. The maximum atomic E-state index is 5.99. The Balaban J connectivity index is 0.00000261. The highest BCUT2D eigenvalue weighted by Gasteiger charge is 2.01. The molecule has 27 heavy (non-hydrogen) atoms. The van der Waals surface area contributed by atoms with Crippen LogP contribution in [0.1, 0.15) is 5.56 Å². The number of aliphatic imine (C=N–C) groups is 1. The lowest BCUT2D eigenvalue weighted by Gasteiger charge is -2.09. The van der Waals surface area contributed by atoms with E-state index in [0.717, 1.165) is 28.5 Å². The average Bonchev–Trinajstić information content (AvgIpc) is 2.68. The zero-order chi connectivity index (χ0) is 18.2. The fourth-order valence-electron chi connectivity index (χ4n) is 2.36. The number of nitrogens with zero attached hydrogens (tertiary/aromatic N) is 1. The van der Waals surface area contributed by atoms with Gasteiger partial charge in [-0.15, -0.1) is 24.0 Å². The largest absolute Gasteiger partial charge is 0.497 e. The van der Waals surface area contributed by atoms with Crippen LogP contribution in [0.2, 0.25) is 0 Å². The molecule has 0 bridgehead atoms. The number of para-hydroxylation sites is 1. The first-order chi connectivity index (χ1) is 12.7. The molecule has 0 aromatic heterocycles. The first-order valence-electron chi connectivity index (χ1n) is 8.26. The number of benzene rings is 3. The molecule has 0 amide bonds. The van der Waals surface area contributed by atoms with E-state index >= 15 is 0 Å². The summed E-state index contributed by atoms with van der Waals surface area (Å²) in [6.45, 7) is 0.489. The van der Waals surface area contributed by atoms with Gasteiger partial charge >= 0.3 is 0 Å². The number of methoxy groups -OCH3 is 1. The normalized spacial score (nSPS) is 10.6. The van der Waals surface area contributed by atoms with E-state index < -0.39 is 0 Å². The highest BCUT2D eigenvalue weighted by Crippen LogP contribution is 2.23. The van der Waals surface area contributed by atoms with Crippen molar-refractivity contribution in [2.45, 2.75) is 6.54 Å². The van der Waals surface area contributed by atoms with Gasteiger partial charge in [-0.3, -0.25) is 0 Å². The molecular formula is C21H22IN3O2. The number of nitrogens with one attached hydrogen (secondary N) is 1. The van der Waals surface area contributed by atoms with Crippen LogP contribution in [-0.4, -0.2) is 13.1 Å². The summed E-state index contributed by atoms with van der Waals surface area (Å²) in [5.41, 5.74) is 7.85. The van der Waals surface area contributed by atoms with E-state index in [9.17, 15) is 0 Å². The van der Waals surface area contributed by atoms with Crippen molar-refractivity contribution in [1.82, 2.24) is 0 Å². The second-order valence-electron chi connectivity index (χ2n) is 5.62. The predicted octanol–water partition coefficient (Wildman–Crippen LogP) is 5.03. The fraction of sp³-hybridized carbons (Fsp3) is 0.0952. The standard InChI is InChI=1S/C21H21N3O2.HI/c1-25-18-12-10-16(11-13-18)15-23-21(22)24-17-6-5-9-20(14-17)26-19-7-3-2-4-8-19;/h2-14H,15H2,1H3,(H3,22,23,24);1H. The van der Waals surface area contributed by atoms with Crippen LogP contribution < -0.4 is 20.5 Å². The minimum atomic E-state index is 0. The molecule has 0 heterocycles. The van der Waals surface area contributed by atoms with E-state index in [4.69, 9.17) is 15.2 Å². The van der Waals surface area contributed by atoms with Crippen molar-refractivity contribution in [1.29, 1.82) is 0 Å². The number of hydrogen-bond donors (Lipinski definition) is 2. The Morgan fingerprint density at radius 3 is 2.30 bits per heavy atom. The Kier molecular flexibility index (Phi) is 7.94. The van der Waals surface area contributed by atoms with Crippen molar-refractivity contribution in [2.75, 3.05) is 12.4 Å². The smallest absolute Gasteiger partial charge is 0.193 e. The van der Waals surface area contributed by atoms with Gasteiger partial charge in [0.25, 0.3) is 0 Å². The molecule has 3 N–H and O–H groups in total. The molecule has 0 radical (unpaired) electrons. The summed E-state index contributed by atoms with van der Waals surface area (Å²) in [7, 11) is 1.64. The number of halogens is 1. The molecule has 0 fully saturated rings. The lowest BCUT2D eigenvalue weighted by atomic mass is 10.2. The third kappa shape index (κ3) is 6.49. The van der Waals surface area contributed by atoms with Gasteiger partial charge in [0.1, 0.15) is 17.2 Å². The van der Waals surface area contributed by atoms with Gasteiger partial charge in [0.05, 0.1) is 13.7 Å². The lowest BCUT2D eigenvalue weighted by molar-refractivity contribution is 0.414. The van der Waals surface area contributed by atoms with Gasteiger partial charge in [0.2, 0.25) is 0 Å². The lowest BCUT2D eigenvalue weighted by Crippen LogP contribution is -2.22. The van der Waals surface area contributed by atoms with Crippen LogP contribution in [0.15, 0.2) is 83.9 Å². The number of ether oxygens (including phenoxy) is 2. The molecule has 3 aromatic carbocycles. The van der Waals surface area contributed by atoms with Gasteiger partial charge in [0.15, 0.2) is 5.96 Å². The van der Waals surface area contributed by atoms with Crippen molar-refractivity contribution in [3.8, 4) is 17.2 Å². The Hall–Kier alpha value is -2.74. The molecule has 0 aliphatic heterocycles. The topological polar surface area (TPSA) is 68.9 Å². The summed E-state index contributed by atoms with van der Waals surface area (Å²) >= 11 is 0. The quantitative estimate of drug-likeness (QED) is 0.298. The zero-order valence-corrected chi connectivity index (χ0v) is 17.3. The predicted molar refractivity (Wildman–Crippen MR) is 120 cm³/mol. The van der Waals surface area contributed by atoms with Gasteiger partial charge in [-0.25, -0.2) is 4.99 Å². The van der Waals surface area contributed by atoms with E-state index in [1.807, 2.05) is 78.9 Å². The first kappa shape index (κ1) is 20.6. The number of guanidine groups is 1. The van der Waals surface area contributed by atoms with Crippen molar-refractivity contribution in [3.63, 3.8) is 0 Å². The molecule has 3 aromatic rings. The van der Waals surface area contributed by atoms with E-state index in [1.54, 1.807) is 7.11 Å². The summed E-state index contributed by atoms with van der Waals surface area (Å²) in [4.78, 5) is 4.36. The van der Waals surface area contributed by atoms with Crippen molar-refractivity contribution < 1.29 is 9.47 Å². The number of hydrogen-bond acceptors (Lipinski definition) is 3. The van der Waals surface area contributed by atoms with E-state index in [-0.39, 0.29) is 24.0 Å². The molecule has 0 atom stereocenters. The molecule has 0 aliphatic rings. The molecule has 140 valence electrons. The van der Waals surface area contributed by atoms with E-state index in [0.29, 0.717) is 12.5 Å². The second-order valence-corrected chi connectivity index (χ2v) is 5.62. The van der Waals surface area contributed by atoms with Crippen LogP contribution in [0, 0.1) is 0 Å². The maximum absolute atomic E-state index is 5.99. The van der Waals surface area contributed by atoms with Crippen molar-refractivity contribution >= 4 is 35.6 Å². The minimum Gasteiger partial charge on any atom is -0.497 e. The van der Waals surface area contributed by atoms with Crippen LogP contribution in [0.25, 0.3) is 0 Å². The summed E-state index contributed by atoms with van der Waals surface area (Å²) in [6.07, 6.45) is 0. The number of rotatable bonds is 6. The highest BCUT2D eigenvalue weighted by molar-refractivity contribution is 14.0. The van der Waals surface area contributed by atoms with Crippen LogP contribution in [0.4, 0.5) is 5.69 Å².